The molecule has 288 valence electrons. The quantitative estimate of drug-likeness (QED) is 0.0559. The summed E-state index contributed by atoms with van der Waals surface area (Å²) in [6.45, 7) is 11.9. The highest BCUT2D eigenvalue weighted by Gasteiger charge is 2.87. The van der Waals surface area contributed by atoms with Gasteiger partial charge in [0, 0.05) is 55.8 Å². The lowest BCUT2D eigenvalue weighted by atomic mass is 9.59. The Morgan fingerprint density at radius 2 is 1.35 bits per heavy atom. The minimum absolute atomic E-state index is 0.117. The number of aliphatic hydroxyl groups is 2. The van der Waals surface area contributed by atoms with E-state index < -0.39 is 69.7 Å². The molecular weight excluding hydrogens is 648 g/mol. The normalized spacial score (nSPS) is 33.2. The molecule has 0 saturated heterocycles. The van der Waals surface area contributed by atoms with Crippen LogP contribution < -0.4 is 0 Å². The number of fused-ring (bicyclic) bond motifs is 5. The molecule has 2 saturated carbocycles. The van der Waals surface area contributed by atoms with Crippen LogP contribution in [0.2, 0.25) is 0 Å². The fourth-order valence-electron chi connectivity index (χ4n) is 10.1. The second-order valence-corrected chi connectivity index (χ2v) is 16.8. The predicted molar refractivity (Wildman–Crippen MR) is 195 cm³/mol. The molecule has 0 amide bonds. The molecular formula is C42H66O9. The van der Waals surface area contributed by atoms with E-state index >= 15 is 0 Å². The van der Waals surface area contributed by atoms with Crippen LogP contribution in [0.1, 0.15) is 158 Å². The zero-order chi connectivity index (χ0) is 37.6. The molecule has 0 aromatic rings. The largest absolute Gasteiger partial charge is 0.461 e. The van der Waals surface area contributed by atoms with Crippen LogP contribution in [0.15, 0.2) is 23.3 Å². The molecule has 2 N–H and O–H groups in total. The molecule has 0 unspecified atom stereocenters. The lowest BCUT2D eigenvalue weighted by Crippen LogP contribution is -2.66. The van der Waals surface area contributed by atoms with Crippen molar-refractivity contribution in [1.82, 2.24) is 0 Å². The number of carbonyl (C=O) groups is 4. The van der Waals surface area contributed by atoms with Crippen LogP contribution in [0.4, 0.5) is 0 Å². The van der Waals surface area contributed by atoms with Crippen LogP contribution in [-0.4, -0.2) is 63.4 Å². The van der Waals surface area contributed by atoms with Gasteiger partial charge in [0.25, 0.3) is 0 Å². The first-order valence-corrected chi connectivity index (χ1v) is 20.0. The second-order valence-electron chi connectivity index (χ2n) is 16.8. The van der Waals surface area contributed by atoms with Gasteiger partial charge in [-0.3, -0.25) is 19.2 Å². The average molecular weight is 715 g/mol. The number of unbranched alkanes of at least 4 members (excludes halogenated alkanes) is 14. The smallest absolute Gasteiger partial charge is 0.306 e. The molecule has 0 heterocycles. The van der Waals surface area contributed by atoms with Crippen molar-refractivity contribution >= 4 is 23.7 Å². The average Bonchev–Trinajstić information content (AvgIpc) is 3.48. The molecule has 0 bridgehead atoms. The van der Waals surface area contributed by atoms with E-state index in [9.17, 15) is 29.4 Å². The van der Waals surface area contributed by atoms with Crippen molar-refractivity contribution in [1.29, 1.82) is 0 Å². The first-order chi connectivity index (χ1) is 24.1. The Morgan fingerprint density at radius 3 is 1.86 bits per heavy atom. The minimum Gasteiger partial charge on any atom is -0.461 e. The Morgan fingerprint density at radius 1 is 0.824 bits per heavy atom. The van der Waals surface area contributed by atoms with Gasteiger partial charge in [0.2, 0.25) is 0 Å². The van der Waals surface area contributed by atoms with Crippen molar-refractivity contribution in [3.8, 4) is 0 Å². The van der Waals surface area contributed by atoms with Crippen LogP contribution in [0.3, 0.4) is 0 Å². The van der Waals surface area contributed by atoms with Crippen molar-refractivity contribution in [2.24, 2.45) is 29.1 Å². The van der Waals surface area contributed by atoms with Gasteiger partial charge in [-0.15, -0.1) is 0 Å². The number of rotatable bonds is 20. The van der Waals surface area contributed by atoms with Crippen molar-refractivity contribution in [2.45, 2.75) is 181 Å². The Labute approximate surface area is 306 Å². The summed E-state index contributed by atoms with van der Waals surface area (Å²) in [6, 6.07) is 0. The van der Waals surface area contributed by atoms with Crippen molar-refractivity contribution in [3.05, 3.63) is 23.3 Å². The third-order valence-electron chi connectivity index (χ3n) is 12.8. The monoisotopic (exact) mass is 714 g/mol. The van der Waals surface area contributed by atoms with Gasteiger partial charge in [-0.1, -0.05) is 130 Å². The lowest BCUT2D eigenvalue weighted by molar-refractivity contribution is -0.227. The SMILES string of the molecule is CCCCCCCCCCCCCCCCCC(=O)OCC1=C[C@H]2[C@@H]3C(C)(C)[C@]3(OC(C)=O)[C@H](OC(C)=O)[C@@H](C)[C@]2(O)[C@@H]2C=C(C)C(=O)[C@@]2(O)C1. The molecule has 9 heteroatoms. The summed E-state index contributed by atoms with van der Waals surface area (Å²) in [4.78, 5) is 51.3. The van der Waals surface area contributed by atoms with Gasteiger partial charge >= 0.3 is 17.9 Å². The van der Waals surface area contributed by atoms with Crippen LogP contribution >= 0.6 is 0 Å². The van der Waals surface area contributed by atoms with E-state index in [1.165, 1.54) is 90.9 Å². The highest BCUT2D eigenvalue weighted by molar-refractivity contribution is 6.04. The van der Waals surface area contributed by atoms with E-state index in [0.29, 0.717) is 11.1 Å². The van der Waals surface area contributed by atoms with Gasteiger partial charge in [0.05, 0.1) is 5.60 Å². The third kappa shape index (κ3) is 8.35. The third-order valence-corrected chi connectivity index (χ3v) is 12.8. The number of esters is 3. The number of ketones is 1. The molecule has 51 heavy (non-hydrogen) atoms. The molecule has 0 spiro atoms. The predicted octanol–water partition coefficient (Wildman–Crippen LogP) is 7.88. The second kappa shape index (κ2) is 17.1. The molecule has 9 nitrogen and oxygen atoms in total. The van der Waals surface area contributed by atoms with Gasteiger partial charge in [0.15, 0.2) is 11.4 Å². The van der Waals surface area contributed by atoms with E-state index in [4.69, 9.17) is 14.2 Å². The Hall–Kier alpha value is -2.52. The fourth-order valence-corrected chi connectivity index (χ4v) is 10.1. The van der Waals surface area contributed by atoms with Crippen LogP contribution in [0.5, 0.6) is 0 Å². The maximum Gasteiger partial charge on any atom is 0.306 e. The van der Waals surface area contributed by atoms with Gasteiger partial charge in [-0.2, -0.15) is 0 Å². The van der Waals surface area contributed by atoms with Crippen LogP contribution in [-0.2, 0) is 33.4 Å². The Balaban J connectivity index is 1.35. The fraction of sp³-hybridized carbons (Fsp3) is 0.810. The summed E-state index contributed by atoms with van der Waals surface area (Å²) < 4.78 is 17.6. The Bertz CT molecular complexity index is 1330. The maximum absolute atomic E-state index is 13.6. The van der Waals surface area contributed by atoms with E-state index in [0.717, 1.165) is 19.3 Å². The zero-order valence-corrected chi connectivity index (χ0v) is 32.5. The minimum atomic E-state index is -1.98. The van der Waals surface area contributed by atoms with Crippen LogP contribution in [0.25, 0.3) is 0 Å². The summed E-state index contributed by atoms with van der Waals surface area (Å²) >= 11 is 0. The molecule has 8 atom stereocenters. The van der Waals surface area contributed by atoms with Gasteiger partial charge in [-0.05, 0) is 24.5 Å². The summed E-state index contributed by atoms with van der Waals surface area (Å²) in [5.41, 5.74) is -4.81. The maximum atomic E-state index is 13.6. The first-order valence-electron chi connectivity index (χ1n) is 20.0. The first kappa shape index (κ1) is 41.2. The molecule has 0 aliphatic heterocycles. The molecule has 0 aromatic heterocycles. The molecule has 0 radical (unpaired) electrons. The number of hydrogen-bond donors (Lipinski definition) is 2. The van der Waals surface area contributed by atoms with Crippen LogP contribution in [0, 0.1) is 29.1 Å². The van der Waals surface area contributed by atoms with E-state index in [1.807, 2.05) is 19.9 Å². The van der Waals surface area contributed by atoms with E-state index in [2.05, 4.69) is 6.92 Å². The standard InChI is InChI=1S/C42H66O9/c1-8-9-10-11-12-13-14-15-16-17-18-19-20-21-22-23-35(45)49-27-32-25-33-36-39(6,7)42(36,51-31(5)44)38(50-30(4)43)29(3)41(33,48)34-24-28(2)37(46)40(34,47)26-32/h24-25,29,33-34,36,38,47-48H,8-23,26-27H2,1-7H3/t29-,33+,34-,36-,38-,40-,41-,42-/m1/s1. The molecule has 4 rings (SSSR count). The number of carbonyl (C=O) groups excluding carboxylic acids is 4. The summed E-state index contributed by atoms with van der Waals surface area (Å²) in [7, 11) is 0. The van der Waals surface area contributed by atoms with E-state index in [1.54, 1.807) is 19.9 Å². The molecule has 0 aromatic carbocycles. The number of Topliss-reactive ketones (excluding diaryl/α,β-unsaturated/α-hetero) is 1. The van der Waals surface area contributed by atoms with Crippen molar-refractivity contribution in [2.75, 3.05) is 6.61 Å². The van der Waals surface area contributed by atoms with Gasteiger partial charge in [-0.25, -0.2) is 0 Å². The topological polar surface area (TPSA) is 136 Å². The zero-order valence-electron chi connectivity index (χ0n) is 32.5. The molecule has 4 aliphatic carbocycles. The highest BCUT2D eigenvalue weighted by atomic mass is 16.6. The number of hydrogen-bond acceptors (Lipinski definition) is 9. The molecule has 4 aliphatic rings. The van der Waals surface area contributed by atoms with Gasteiger partial charge < -0.3 is 24.4 Å². The van der Waals surface area contributed by atoms with E-state index in [-0.39, 0.29) is 25.4 Å². The highest BCUT2D eigenvalue weighted by Crippen LogP contribution is 2.77. The summed E-state index contributed by atoms with van der Waals surface area (Å²) in [5, 5.41) is 24.9. The number of ether oxygens (including phenoxy) is 3. The lowest BCUT2D eigenvalue weighted by Gasteiger charge is -2.53. The van der Waals surface area contributed by atoms with Crippen molar-refractivity contribution in [3.63, 3.8) is 0 Å². The Kier molecular flexibility index (Phi) is 13.8. The summed E-state index contributed by atoms with van der Waals surface area (Å²) in [6.07, 6.45) is 21.2. The van der Waals surface area contributed by atoms with Gasteiger partial charge in [0.1, 0.15) is 18.3 Å². The summed E-state index contributed by atoms with van der Waals surface area (Å²) in [5.74, 6) is -5.01. The van der Waals surface area contributed by atoms with Crippen molar-refractivity contribution < 1.29 is 43.6 Å². The molecule has 2 fully saturated rings.